The van der Waals surface area contributed by atoms with Gasteiger partial charge in [-0.1, -0.05) is 18.2 Å². The molecule has 1 amide bonds. The maximum atomic E-state index is 12.3. The van der Waals surface area contributed by atoms with Crippen molar-refractivity contribution in [3.8, 4) is 11.3 Å². The average molecular weight is 348 g/mol. The Balaban J connectivity index is 1.51. The summed E-state index contributed by atoms with van der Waals surface area (Å²) in [7, 11) is 0. The highest BCUT2D eigenvalue weighted by molar-refractivity contribution is 6.04. The minimum absolute atomic E-state index is 0.109. The third-order valence-electron chi connectivity index (χ3n) is 4.48. The second-order valence-corrected chi connectivity index (χ2v) is 6.15. The van der Waals surface area contributed by atoms with Crippen molar-refractivity contribution in [2.75, 3.05) is 5.32 Å². The SMILES string of the molecule is O=C(Nc1ccc(-c2cnc3n2CCC3)cc1)c1cccc([N+](=O)[O-])c1. The van der Waals surface area contributed by atoms with Crippen molar-refractivity contribution in [3.63, 3.8) is 0 Å². The average Bonchev–Trinajstić information content (AvgIpc) is 3.26. The third-order valence-corrected chi connectivity index (χ3v) is 4.48. The van der Waals surface area contributed by atoms with Gasteiger partial charge in [0.1, 0.15) is 5.82 Å². The first kappa shape index (κ1) is 16.0. The molecule has 0 atom stereocenters. The van der Waals surface area contributed by atoms with Gasteiger partial charge >= 0.3 is 0 Å². The van der Waals surface area contributed by atoms with Crippen LogP contribution in [0.3, 0.4) is 0 Å². The number of hydrogen-bond acceptors (Lipinski definition) is 4. The number of rotatable bonds is 4. The number of nitrogens with one attached hydrogen (secondary N) is 1. The van der Waals surface area contributed by atoms with Gasteiger partial charge in [-0.25, -0.2) is 4.98 Å². The van der Waals surface area contributed by atoms with Crippen LogP contribution in [0.25, 0.3) is 11.3 Å². The van der Waals surface area contributed by atoms with E-state index in [1.165, 1.54) is 18.2 Å². The van der Waals surface area contributed by atoms with Crippen LogP contribution in [0.15, 0.2) is 54.7 Å². The van der Waals surface area contributed by atoms with E-state index in [-0.39, 0.29) is 17.2 Å². The van der Waals surface area contributed by atoms with Crippen LogP contribution in [0.5, 0.6) is 0 Å². The van der Waals surface area contributed by atoms with Gasteiger partial charge in [-0.05, 0) is 30.2 Å². The van der Waals surface area contributed by atoms with Crippen molar-refractivity contribution in [1.29, 1.82) is 0 Å². The first-order valence-corrected chi connectivity index (χ1v) is 8.32. The highest BCUT2D eigenvalue weighted by Crippen LogP contribution is 2.26. The lowest BCUT2D eigenvalue weighted by Gasteiger charge is -2.08. The first-order chi connectivity index (χ1) is 12.6. The molecule has 0 radical (unpaired) electrons. The number of carbonyl (C=O) groups excluding carboxylic acids is 1. The van der Waals surface area contributed by atoms with Gasteiger partial charge < -0.3 is 9.88 Å². The summed E-state index contributed by atoms with van der Waals surface area (Å²) in [6.07, 6.45) is 4.01. The Hall–Kier alpha value is -3.48. The Morgan fingerprint density at radius 2 is 2.00 bits per heavy atom. The molecule has 7 nitrogen and oxygen atoms in total. The van der Waals surface area contributed by atoms with Crippen LogP contribution in [-0.2, 0) is 13.0 Å². The van der Waals surface area contributed by atoms with Gasteiger partial charge in [-0.3, -0.25) is 14.9 Å². The number of nitrogens with zero attached hydrogens (tertiary/aromatic N) is 3. The molecule has 0 saturated carbocycles. The monoisotopic (exact) mass is 348 g/mol. The molecule has 1 aliphatic heterocycles. The fourth-order valence-corrected chi connectivity index (χ4v) is 3.18. The number of hydrogen-bond donors (Lipinski definition) is 1. The first-order valence-electron chi connectivity index (χ1n) is 8.32. The fraction of sp³-hybridized carbons (Fsp3) is 0.158. The number of fused-ring (bicyclic) bond motifs is 1. The normalized spacial score (nSPS) is 12.6. The van der Waals surface area contributed by atoms with Gasteiger partial charge in [0, 0.05) is 36.3 Å². The lowest BCUT2D eigenvalue weighted by molar-refractivity contribution is -0.384. The number of aryl methyl sites for hydroxylation is 1. The molecule has 130 valence electrons. The molecule has 0 spiro atoms. The van der Waals surface area contributed by atoms with Crippen LogP contribution < -0.4 is 5.32 Å². The summed E-state index contributed by atoms with van der Waals surface area (Å²) < 4.78 is 2.22. The molecule has 26 heavy (non-hydrogen) atoms. The number of imidazole rings is 1. The van der Waals surface area contributed by atoms with E-state index in [1.807, 2.05) is 30.5 Å². The standard InChI is InChI=1S/C19H16N4O3/c24-19(14-3-1-4-16(11-14)23(25)26)21-15-8-6-13(7-9-15)17-12-20-18-5-2-10-22(17)18/h1,3-4,6-9,11-12H,2,5,10H2,(H,21,24). The highest BCUT2D eigenvalue weighted by Gasteiger charge is 2.16. The van der Waals surface area contributed by atoms with E-state index >= 15 is 0 Å². The van der Waals surface area contributed by atoms with Crippen molar-refractivity contribution in [1.82, 2.24) is 9.55 Å². The summed E-state index contributed by atoms with van der Waals surface area (Å²) in [5.74, 6) is 0.731. The molecule has 1 aliphatic rings. The molecule has 1 N–H and O–H groups in total. The van der Waals surface area contributed by atoms with Crippen molar-refractivity contribution in [3.05, 3.63) is 76.2 Å². The number of benzene rings is 2. The van der Waals surface area contributed by atoms with E-state index in [4.69, 9.17) is 0 Å². The third kappa shape index (κ3) is 2.95. The highest BCUT2D eigenvalue weighted by atomic mass is 16.6. The number of anilines is 1. The van der Waals surface area contributed by atoms with E-state index in [0.29, 0.717) is 5.69 Å². The largest absolute Gasteiger partial charge is 0.328 e. The molecule has 3 aromatic rings. The Bertz CT molecular complexity index is 992. The van der Waals surface area contributed by atoms with Crippen LogP contribution in [-0.4, -0.2) is 20.4 Å². The van der Waals surface area contributed by atoms with Gasteiger partial charge in [0.05, 0.1) is 16.8 Å². The van der Waals surface area contributed by atoms with Gasteiger partial charge in [0.15, 0.2) is 0 Å². The van der Waals surface area contributed by atoms with Gasteiger partial charge in [-0.2, -0.15) is 0 Å². The summed E-state index contributed by atoms with van der Waals surface area (Å²) in [5, 5.41) is 13.6. The summed E-state index contributed by atoms with van der Waals surface area (Å²) in [6, 6.07) is 13.2. The smallest absolute Gasteiger partial charge is 0.270 e. The predicted octanol–water partition coefficient (Wildman–Crippen LogP) is 3.66. The summed E-state index contributed by atoms with van der Waals surface area (Å²) in [4.78, 5) is 27.1. The number of aromatic nitrogens is 2. The molecule has 0 aliphatic carbocycles. The molecular weight excluding hydrogens is 332 g/mol. The van der Waals surface area contributed by atoms with E-state index in [2.05, 4.69) is 14.9 Å². The molecule has 2 heterocycles. The molecule has 0 fully saturated rings. The minimum Gasteiger partial charge on any atom is -0.328 e. The van der Waals surface area contributed by atoms with Gasteiger partial charge in [-0.15, -0.1) is 0 Å². The molecule has 1 aromatic heterocycles. The minimum atomic E-state index is -0.518. The number of non-ortho nitro benzene ring substituents is 1. The van der Waals surface area contributed by atoms with Crippen LogP contribution >= 0.6 is 0 Å². The summed E-state index contributed by atoms with van der Waals surface area (Å²) in [5.41, 5.74) is 2.89. The molecule has 0 bridgehead atoms. The molecule has 7 heteroatoms. The maximum absolute atomic E-state index is 12.3. The quantitative estimate of drug-likeness (QED) is 0.575. The Morgan fingerprint density at radius 1 is 1.19 bits per heavy atom. The molecule has 4 rings (SSSR count). The second-order valence-electron chi connectivity index (χ2n) is 6.15. The number of amides is 1. The number of carbonyl (C=O) groups is 1. The second kappa shape index (κ2) is 6.44. The van der Waals surface area contributed by atoms with E-state index < -0.39 is 4.92 Å². The van der Waals surface area contributed by atoms with E-state index in [0.717, 1.165) is 36.5 Å². The molecular formula is C19H16N4O3. The summed E-state index contributed by atoms with van der Waals surface area (Å²) >= 11 is 0. The zero-order valence-corrected chi connectivity index (χ0v) is 13.9. The van der Waals surface area contributed by atoms with Gasteiger partial charge in [0.2, 0.25) is 0 Å². The van der Waals surface area contributed by atoms with E-state index in [1.54, 1.807) is 6.07 Å². The number of nitro benzene ring substituents is 1. The molecule has 2 aromatic carbocycles. The summed E-state index contributed by atoms with van der Waals surface area (Å²) in [6.45, 7) is 0.982. The lowest BCUT2D eigenvalue weighted by atomic mass is 10.1. The van der Waals surface area contributed by atoms with Crippen LogP contribution in [0.2, 0.25) is 0 Å². The van der Waals surface area contributed by atoms with Gasteiger partial charge in [0.25, 0.3) is 11.6 Å². The zero-order chi connectivity index (χ0) is 18.1. The molecule has 0 saturated heterocycles. The van der Waals surface area contributed by atoms with Crippen molar-refractivity contribution in [2.45, 2.75) is 19.4 Å². The van der Waals surface area contributed by atoms with Crippen LogP contribution in [0.1, 0.15) is 22.6 Å². The maximum Gasteiger partial charge on any atom is 0.270 e. The predicted molar refractivity (Wildman–Crippen MR) is 97.0 cm³/mol. The van der Waals surface area contributed by atoms with Crippen LogP contribution in [0.4, 0.5) is 11.4 Å². The van der Waals surface area contributed by atoms with E-state index in [9.17, 15) is 14.9 Å². The van der Waals surface area contributed by atoms with Crippen molar-refractivity contribution in [2.24, 2.45) is 0 Å². The Labute approximate surface area is 149 Å². The zero-order valence-electron chi connectivity index (χ0n) is 13.9. The van der Waals surface area contributed by atoms with Crippen LogP contribution in [0, 0.1) is 10.1 Å². The Morgan fingerprint density at radius 3 is 2.77 bits per heavy atom. The fourth-order valence-electron chi connectivity index (χ4n) is 3.18. The molecule has 0 unspecified atom stereocenters. The topological polar surface area (TPSA) is 90.1 Å². The lowest BCUT2D eigenvalue weighted by Crippen LogP contribution is -2.12. The van der Waals surface area contributed by atoms with Crippen molar-refractivity contribution < 1.29 is 9.72 Å². The van der Waals surface area contributed by atoms with Crippen molar-refractivity contribution >= 4 is 17.3 Å². The Kier molecular flexibility index (Phi) is 3.96. The number of nitro groups is 1.